The van der Waals surface area contributed by atoms with Gasteiger partial charge in [-0.15, -0.1) is 12.4 Å². The summed E-state index contributed by atoms with van der Waals surface area (Å²) in [4.78, 5) is 24.0. The fourth-order valence-electron chi connectivity index (χ4n) is 1.79. The first-order valence-electron chi connectivity index (χ1n) is 7.51. The van der Waals surface area contributed by atoms with E-state index >= 15 is 0 Å². The summed E-state index contributed by atoms with van der Waals surface area (Å²) >= 11 is 6.06. The first kappa shape index (κ1) is 22.5. The predicted octanol–water partition coefficient (Wildman–Crippen LogP) is 3.15. The Kier molecular flexibility index (Phi) is 9.11. The average Bonchev–Trinajstić information content (AvgIpc) is 2.38. The molecule has 24 heavy (non-hydrogen) atoms. The normalized spacial score (nSPS) is 11.9. The SMILES string of the molecule is CC(N)CCNC(=O)c1cc(NC(=O)NC(C)(C)C)ccc1Cl.Cl. The number of hydrogen-bond acceptors (Lipinski definition) is 3. The number of amides is 3. The van der Waals surface area contributed by atoms with Gasteiger partial charge >= 0.3 is 6.03 Å². The van der Waals surface area contributed by atoms with Crippen LogP contribution in [0.5, 0.6) is 0 Å². The number of carbonyl (C=O) groups excluding carboxylic acids is 2. The first-order valence-corrected chi connectivity index (χ1v) is 7.89. The van der Waals surface area contributed by atoms with Gasteiger partial charge in [0.15, 0.2) is 0 Å². The number of nitrogens with one attached hydrogen (secondary N) is 3. The molecular weight excluding hydrogens is 351 g/mol. The van der Waals surface area contributed by atoms with Crippen molar-refractivity contribution in [2.75, 3.05) is 11.9 Å². The Hall–Kier alpha value is -1.50. The number of nitrogens with two attached hydrogens (primary N) is 1. The van der Waals surface area contributed by atoms with Gasteiger partial charge in [-0.05, 0) is 52.3 Å². The van der Waals surface area contributed by atoms with Gasteiger partial charge in [0.05, 0.1) is 10.6 Å². The Morgan fingerprint density at radius 1 is 1.29 bits per heavy atom. The summed E-state index contributed by atoms with van der Waals surface area (Å²) in [7, 11) is 0. The maximum atomic E-state index is 12.1. The third kappa shape index (κ3) is 8.38. The van der Waals surface area contributed by atoms with Crippen molar-refractivity contribution in [2.24, 2.45) is 5.73 Å². The van der Waals surface area contributed by atoms with Gasteiger partial charge in [0.25, 0.3) is 5.91 Å². The topological polar surface area (TPSA) is 96.2 Å². The molecule has 0 aromatic heterocycles. The maximum Gasteiger partial charge on any atom is 0.319 e. The van der Waals surface area contributed by atoms with Crippen LogP contribution in [0.2, 0.25) is 5.02 Å². The molecule has 0 aliphatic heterocycles. The predicted molar refractivity (Wildman–Crippen MR) is 101 cm³/mol. The molecule has 136 valence electrons. The summed E-state index contributed by atoms with van der Waals surface area (Å²) in [6.07, 6.45) is 0.676. The van der Waals surface area contributed by atoms with Crippen LogP contribution in [0, 0.1) is 0 Å². The standard InChI is InChI=1S/C16H25ClN4O2.ClH/c1-10(18)7-8-19-14(22)12-9-11(5-6-13(12)17)20-15(23)21-16(2,3)4;/h5-6,9-10H,7-8,18H2,1-4H3,(H,19,22)(H2,20,21,23);1H. The number of anilines is 1. The van der Waals surface area contributed by atoms with E-state index in [-0.39, 0.29) is 35.9 Å². The molecule has 8 heteroatoms. The lowest BCUT2D eigenvalue weighted by Crippen LogP contribution is -2.43. The zero-order valence-corrected chi connectivity index (χ0v) is 16.0. The van der Waals surface area contributed by atoms with Gasteiger partial charge in [-0.25, -0.2) is 4.79 Å². The molecule has 1 aromatic rings. The van der Waals surface area contributed by atoms with Crippen molar-refractivity contribution in [1.29, 1.82) is 0 Å². The zero-order chi connectivity index (χ0) is 17.6. The third-order valence-electron chi connectivity index (χ3n) is 2.84. The zero-order valence-electron chi connectivity index (χ0n) is 14.4. The Morgan fingerprint density at radius 3 is 2.46 bits per heavy atom. The molecule has 0 radical (unpaired) electrons. The van der Waals surface area contributed by atoms with E-state index in [0.29, 0.717) is 29.2 Å². The Labute approximate surface area is 154 Å². The van der Waals surface area contributed by atoms with Crippen LogP contribution >= 0.6 is 24.0 Å². The molecule has 5 N–H and O–H groups in total. The van der Waals surface area contributed by atoms with Crippen molar-refractivity contribution in [1.82, 2.24) is 10.6 Å². The largest absolute Gasteiger partial charge is 0.352 e. The molecule has 1 rings (SSSR count). The third-order valence-corrected chi connectivity index (χ3v) is 3.17. The number of hydrogen-bond donors (Lipinski definition) is 4. The average molecular weight is 377 g/mol. The molecule has 0 spiro atoms. The fourth-order valence-corrected chi connectivity index (χ4v) is 1.99. The molecular formula is C16H26Cl2N4O2. The first-order chi connectivity index (χ1) is 10.6. The summed E-state index contributed by atoms with van der Waals surface area (Å²) in [6.45, 7) is 7.98. The fraction of sp³-hybridized carbons (Fsp3) is 0.500. The molecule has 1 unspecified atom stereocenters. The molecule has 0 saturated carbocycles. The van der Waals surface area contributed by atoms with Crippen LogP contribution in [-0.4, -0.2) is 30.1 Å². The van der Waals surface area contributed by atoms with Crippen LogP contribution in [0.4, 0.5) is 10.5 Å². The van der Waals surface area contributed by atoms with Crippen molar-refractivity contribution >= 4 is 41.6 Å². The second kappa shape index (κ2) is 9.71. The molecule has 0 bridgehead atoms. The lowest BCUT2D eigenvalue weighted by Gasteiger charge is -2.21. The summed E-state index contributed by atoms with van der Waals surface area (Å²) in [5.74, 6) is -0.296. The number of halogens is 2. The number of benzene rings is 1. The van der Waals surface area contributed by atoms with Crippen molar-refractivity contribution < 1.29 is 9.59 Å². The van der Waals surface area contributed by atoms with Gasteiger partial charge in [-0.1, -0.05) is 11.6 Å². The lowest BCUT2D eigenvalue weighted by atomic mass is 10.1. The van der Waals surface area contributed by atoms with E-state index in [2.05, 4.69) is 16.0 Å². The van der Waals surface area contributed by atoms with Gasteiger partial charge in [0.1, 0.15) is 0 Å². The lowest BCUT2D eigenvalue weighted by molar-refractivity contribution is 0.0953. The molecule has 6 nitrogen and oxygen atoms in total. The number of rotatable bonds is 5. The van der Waals surface area contributed by atoms with Crippen molar-refractivity contribution in [3.8, 4) is 0 Å². The molecule has 0 saturated heterocycles. The highest BCUT2D eigenvalue weighted by Crippen LogP contribution is 2.20. The number of carbonyl (C=O) groups is 2. The minimum atomic E-state index is -0.352. The molecule has 0 aliphatic rings. The van der Waals surface area contributed by atoms with E-state index in [0.717, 1.165) is 0 Å². The van der Waals surface area contributed by atoms with Gasteiger partial charge in [0, 0.05) is 23.8 Å². The molecule has 3 amide bonds. The second-order valence-electron chi connectivity index (χ2n) is 6.55. The summed E-state index contributed by atoms with van der Waals surface area (Å²) in [5, 5.41) is 8.55. The second-order valence-corrected chi connectivity index (χ2v) is 6.95. The van der Waals surface area contributed by atoms with Crippen molar-refractivity contribution in [3.63, 3.8) is 0 Å². The van der Waals surface area contributed by atoms with Crippen LogP contribution in [0.15, 0.2) is 18.2 Å². The van der Waals surface area contributed by atoms with Gasteiger partial charge in [-0.3, -0.25) is 4.79 Å². The molecule has 0 heterocycles. The van der Waals surface area contributed by atoms with Gasteiger partial charge in [-0.2, -0.15) is 0 Å². The highest BCUT2D eigenvalue weighted by molar-refractivity contribution is 6.34. The highest BCUT2D eigenvalue weighted by atomic mass is 35.5. The molecule has 1 atom stereocenters. The maximum absolute atomic E-state index is 12.1. The summed E-state index contributed by atoms with van der Waals surface area (Å²) in [6, 6.07) is 4.44. The van der Waals surface area contributed by atoms with Crippen LogP contribution in [0.1, 0.15) is 44.5 Å². The van der Waals surface area contributed by atoms with E-state index < -0.39 is 0 Å². The van der Waals surface area contributed by atoms with Gasteiger partial charge < -0.3 is 21.7 Å². The minimum absolute atomic E-state index is 0. The van der Waals surface area contributed by atoms with E-state index in [9.17, 15) is 9.59 Å². The Bertz CT molecular complexity index is 572. The van der Waals surface area contributed by atoms with Crippen LogP contribution in [0.25, 0.3) is 0 Å². The van der Waals surface area contributed by atoms with Crippen LogP contribution < -0.4 is 21.7 Å². The van der Waals surface area contributed by atoms with E-state index in [4.69, 9.17) is 17.3 Å². The van der Waals surface area contributed by atoms with Crippen molar-refractivity contribution in [2.45, 2.75) is 45.7 Å². The Balaban J connectivity index is 0.00000529. The van der Waals surface area contributed by atoms with Crippen LogP contribution in [-0.2, 0) is 0 Å². The van der Waals surface area contributed by atoms with Crippen molar-refractivity contribution in [3.05, 3.63) is 28.8 Å². The molecule has 1 aromatic carbocycles. The molecule has 0 aliphatic carbocycles. The Morgan fingerprint density at radius 2 is 1.92 bits per heavy atom. The minimum Gasteiger partial charge on any atom is -0.352 e. The monoisotopic (exact) mass is 376 g/mol. The summed E-state index contributed by atoms with van der Waals surface area (Å²) in [5.41, 5.74) is 6.10. The van der Waals surface area contributed by atoms with Crippen LogP contribution in [0.3, 0.4) is 0 Å². The van der Waals surface area contributed by atoms with E-state index in [1.54, 1.807) is 18.2 Å². The van der Waals surface area contributed by atoms with E-state index in [1.807, 2.05) is 27.7 Å². The summed E-state index contributed by atoms with van der Waals surface area (Å²) < 4.78 is 0. The molecule has 0 fully saturated rings. The smallest absolute Gasteiger partial charge is 0.319 e. The highest BCUT2D eigenvalue weighted by Gasteiger charge is 2.15. The van der Waals surface area contributed by atoms with Gasteiger partial charge in [0.2, 0.25) is 0 Å². The van der Waals surface area contributed by atoms with E-state index in [1.165, 1.54) is 0 Å². The quantitative estimate of drug-likeness (QED) is 0.635. The number of urea groups is 1.